The number of hydrogen-bond acceptors (Lipinski definition) is 4. The predicted octanol–water partition coefficient (Wildman–Crippen LogP) is 3.71. The number of nitrogens with zero attached hydrogens (tertiary/aromatic N) is 1. The highest BCUT2D eigenvalue weighted by Crippen LogP contribution is 2.33. The fourth-order valence-electron chi connectivity index (χ4n) is 1.86. The van der Waals surface area contributed by atoms with Crippen molar-refractivity contribution in [3.8, 4) is 17.6 Å². The lowest BCUT2D eigenvalue weighted by atomic mass is 10.1. The molecule has 0 atom stereocenters. The van der Waals surface area contributed by atoms with Crippen LogP contribution in [-0.2, 0) is 4.79 Å². The van der Waals surface area contributed by atoms with Crippen LogP contribution < -0.4 is 10.1 Å². The number of halogens is 1. The summed E-state index contributed by atoms with van der Waals surface area (Å²) in [6.45, 7) is 0. The zero-order chi connectivity index (χ0) is 16.8. The molecule has 2 rings (SSSR count). The molecule has 1 amide bonds. The van der Waals surface area contributed by atoms with E-state index >= 15 is 0 Å². The van der Waals surface area contributed by atoms with Crippen LogP contribution in [0, 0.1) is 11.3 Å². The van der Waals surface area contributed by atoms with E-state index in [1.807, 2.05) is 12.1 Å². The summed E-state index contributed by atoms with van der Waals surface area (Å²) >= 11 is 3.28. The summed E-state index contributed by atoms with van der Waals surface area (Å²) in [5, 5.41) is 21.6. The van der Waals surface area contributed by atoms with E-state index < -0.39 is 5.91 Å². The maximum absolute atomic E-state index is 12.2. The molecule has 0 heterocycles. The number of ether oxygens (including phenoxy) is 1. The molecule has 0 radical (unpaired) electrons. The molecule has 0 saturated heterocycles. The summed E-state index contributed by atoms with van der Waals surface area (Å²) in [4.78, 5) is 12.2. The molecule has 0 aromatic heterocycles. The zero-order valence-electron chi connectivity index (χ0n) is 12.2. The Morgan fingerprint density at radius 1 is 1.35 bits per heavy atom. The van der Waals surface area contributed by atoms with Gasteiger partial charge in [0.05, 0.1) is 7.11 Å². The van der Waals surface area contributed by atoms with E-state index in [0.29, 0.717) is 15.7 Å². The number of hydrogen-bond donors (Lipinski definition) is 2. The molecule has 0 aliphatic rings. The molecule has 0 aliphatic heterocycles. The van der Waals surface area contributed by atoms with Crippen LogP contribution in [-0.4, -0.2) is 18.1 Å². The molecule has 2 aromatic carbocycles. The number of para-hydroxylation sites is 1. The van der Waals surface area contributed by atoms with Gasteiger partial charge in [0, 0.05) is 10.2 Å². The van der Waals surface area contributed by atoms with Crippen molar-refractivity contribution in [2.45, 2.75) is 0 Å². The first-order valence-electron chi connectivity index (χ1n) is 6.60. The summed E-state index contributed by atoms with van der Waals surface area (Å²) in [7, 11) is 1.42. The van der Waals surface area contributed by atoms with Crippen molar-refractivity contribution in [2.75, 3.05) is 12.4 Å². The number of amides is 1. The van der Waals surface area contributed by atoms with Gasteiger partial charge in [-0.25, -0.2) is 0 Å². The second-order valence-corrected chi connectivity index (χ2v) is 5.39. The molecule has 23 heavy (non-hydrogen) atoms. The minimum atomic E-state index is -0.516. The van der Waals surface area contributed by atoms with Crippen LogP contribution in [0.3, 0.4) is 0 Å². The highest BCUT2D eigenvalue weighted by molar-refractivity contribution is 9.10. The van der Waals surface area contributed by atoms with Gasteiger partial charge in [0.2, 0.25) is 0 Å². The quantitative estimate of drug-likeness (QED) is 0.632. The molecule has 2 N–H and O–H groups in total. The van der Waals surface area contributed by atoms with E-state index in [2.05, 4.69) is 21.2 Å². The third kappa shape index (κ3) is 4.11. The first-order chi connectivity index (χ1) is 11.0. The van der Waals surface area contributed by atoms with Gasteiger partial charge in [0.15, 0.2) is 11.5 Å². The molecule has 116 valence electrons. The van der Waals surface area contributed by atoms with Gasteiger partial charge in [-0.2, -0.15) is 5.26 Å². The molecular formula is C17H13BrN2O3. The van der Waals surface area contributed by atoms with E-state index in [-0.39, 0.29) is 17.1 Å². The number of nitrogens with one attached hydrogen (secondary N) is 1. The highest BCUT2D eigenvalue weighted by atomic mass is 79.9. The number of aromatic hydroxyl groups is 1. The van der Waals surface area contributed by atoms with Crippen molar-refractivity contribution in [3.63, 3.8) is 0 Å². The summed E-state index contributed by atoms with van der Waals surface area (Å²) in [6, 6.07) is 13.7. The van der Waals surface area contributed by atoms with Crippen molar-refractivity contribution in [3.05, 3.63) is 58.1 Å². The Labute approximate surface area is 142 Å². The monoisotopic (exact) mass is 372 g/mol. The van der Waals surface area contributed by atoms with Crippen molar-refractivity contribution >= 4 is 33.6 Å². The first kappa shape index (κ1) is 16.6. The van der Waals surface area contributed by atoms with Crippen LogP contribution in [0.5, 0.6) is 11.5 Å². The molecular weight excluding hydrogens is 360 g/mol. The van der Waals surface area contributed by atoms with Crippen LogP contribution in [0.15, 0.2) is 52.5 Å². The normalized spacial score (nSPS) is 10.7. The van der Waals surface area contributed by atoms with E-state index in [4.69, 9.17) is 4.74 Å². The third-order valence-corrected chi connectivity index (χ3v) is 3.68. The fourth-order valence-corrected chi connectivity index (χ4v) is 2.30. The molecule has 6 heteroatoms. The minimum Gasteiger partial charge on any atom is -0.504 e. The topological polar surface area (TPSA) is 82.3 Å². The van der Waals surface area contributed by atoms with E-state index in [1.54, 1.807) is 24.3 Å². The van der Waals surface area contributed by atoms with Gasteiger partial charge < -0.3 is 15.2 Å². The van der Waals surface area contributed by atoms with E-state index in [0.717, 1.165) is 0 Å². The molecule has 0 unspecified atom stereocenters. The number of anilines is 1. The van der Waals surface area contributed by atoms with E-state index in [1.165, 1.54) is 25.3 Å². The van der Waals surface area contributed by atoms with Gasteiger partial charge in [-0.15, -0.1) is 0 Å². The van der Waals surface area contributed by atoms with Crippen molar-refractivity contribution < 1.29 is 14.6 Å². The van der Waals surface area contributed by atoms with Gasteiger partial charge in [-0.3, -0.25) is 4.79 Å². The van der Waals surface area contributed by atoms with Gasteiger partial charge in [0.25, 0.3) is 5.91 Å². The Kier molecular flexibility index (Phi) is 5.39. The number of nitriles is 1. The standard InChI is InChI=1S/C17H13BrN2O3/c1-23-16-8-11(14(18)9-15(16)21)7-12(10-19)17(22)20-13-5-3-2-4-6-13/h2-9,21H,1H3,(H,20,22)/b12-7+. The lowest BCUT2D eigenvalue weighted by molar-refractivity contribution is -0.112. The molecule has 0 aliphatic carbocycles. The molecule has 2 aromatic rings. The number of benzene rings is 2. The van der Waals surface area contributed by atoms with Crippen LogP contribution >= 0.6 is 15.9 Å². The molecule has 0 fully saturated rings. The number of methoxy groups -OCH3 is 1. The van der Waals surface area contributed by atoms with Crippen molar-refractivity contribution in [2.24, 2.45) is 0 Å². The van der Waals surface area contributed by atoms with Crippen LogP contribution in [0.25, 0.3) is 6.08 Å². The Bertz CT molecular complexity index is 795. The molecule has 5 nitrogen and oxygen atoms in total. The number of carbonyl (C=O) groups excluding carboxylic acids is 1. The van der Waals surface area contributed by atoms with Crippen LogP contribution in [0.1, 0.15) is 5.56 Å². The lowest BCUT2D eigenvalue weighted by Crippen LogP contribution is -2.13. The Morgan fingerprint density at radius 2 is 2.04 bits per heavy atom. The summed E-state index contributed by atoms with van der Waals surface area (Å²) < 4.78 is 5.57. The third-order valence-electron chi connectivity index (χ3n) is 2.99. The summed E-state index contributed by atoms with van der Waals surface area (Å²) in [5.41, 5.74) is 1.07. The fraction of sp³-hybridized carbons (Fsp3) is 0.0588. The average molecular weight is 373 g/mol. The summed E-state index contributed by atoms with van der Waals surface area (Å²) in [6.07, 6.45) is 1.42. The first-order valence-corrected chi connectivity index (χ1v) is 7.39. The van der Waals surface area contributed by atoms with Crippen molar-refractivity contribution in [1.82, 2.24) is 0 Å². The number of carbonyl (C=O) groups is 1. The largest absolute Gasteiger partial charge is 0.504 e. The summed E-state index contributed by atoms with van der Waals surface area (Å²) in [5.74, 6) is -0.304. The number of rotatable bonds is 4. The minimum absolute atomic E-state index is 0.0382. The van der Waals surface area contributed by atoms with Gasteiger partial charge in [-0.05, 0) is 35.9 Å². The lowest BCUT2D eigenvalue weighted by Gasteiger charge is -2.08. The van der Waals surface area contributed by atoms with Gasteiger partial charge in [-0.1, -0.05) is 34.1 Å². The Morgan fingerprint density at radius 3 is 2.65 bits per heavy atom. The molecule has 0 saturated carbocycles. The van der Waals surface area contributed by atoms with Crippen LogP contribution in [0.4, 0.5) is 5.69 Å². The average Bonchev–Trinajstić information content (AvgIpc) is 2.55. The highest BCUT2D eigenvalue weighted by Gasteiger charge is 2.12. The number of phenols is 1. The van der Waals surface area contributed by atoms with Crippen molar-refractivity contribution in [1.29, 1.82) is 5.26 Å². The Balaban J connectivity index is 2.32. The second kappa shape index (κ2) is 7.47. The Hall–Kier alpha value is -2.78. The second-order valence-electron chi connectivity index (χ2n) is 4.54. The zero-order valence-corrected chi connectivity index (χ0v) is 13.8. The predicted molar refractivity (Wildman–Crippen MR) is 91.0 cm³/mol. The number of phenolic OH excluding ortho intramolecular Hbond substituents is 1. The maximum Gasteiger partial charge on any atom is 0.266 e. The molecule has 0 bridgehead atoms. The SMILES string of the molecule is COc1cc(/C=C(\C#N)C(=O)Nc2ccccc2)c(Br)cc1O. The van der Waals surface area contributed by atoms with Crippen LogP contribution in [0.2, 0.25) is 0 Å². The van der Waals surface area contributed by atoms with Gasteiger partial charge >= 0.3 is 0 Å². The van der Waals surface area contributed by atoms with Gasteiger partial charge in [0.1, 0.15) is 11.6 Å². The van der Waals surface area contributed by atoms with E-state index in [9.17, 15) is 15.2 Å². The maximum atomic E-state index is 12.2. The molecule has 0 spiro atoms. The smallest absolute Gasteiger partial charge is 0.266 e.